The van der Waals surface area contributed by atoms with Crippen LogP contribution in [0.15, 0.2) is 59.5 Å². The lowest BCUT2D eigenvalue weighted by Gasteiger charge is -2.07. The van der Waals surface area contributed by atoms with E-state index < -0.39 is 0 Å². The van der Waals surface area contributed by atoms with Crippen LogP contribution in [0.4, 0.5) is 0 Å². The summed E-state index contributed by atoms with van der Waals surface area (Å²) in [6.07, 6.45) is 1.59. The zero-order valence-corrected chi connectivity index (χ0v) is 14.2. The number of benzene rings is 2. The number of nitrogens with one attached hydrogen (secondary N) is 1. The van der Waals surface area contributed by atoms with Crippen LogP contribution < -0.4 is 10.9 Å². The number of carbonyl (C=O) groups is 1. The van der Waals surface area contributed by atoms with E-state index in [9.17, 15) is 9.59 Å². The molecular weight excluding hydrogens is 330 g/mol. The Bertz CT molecular complexity index is 1180. The van der Waals surface area contributed by atoms with Crippen molar-refractivity contribution in [2.24, 2.45) is 7.05 Å². The van der Waals surface area contributed by atoms with Gasteiger partial charge in [-0.25, -0.2) is 9.67 Å². The van der Waals surface area contributed by atoms with Gasteiger partial charge in [0, 0.05) is 12.4 Å². The first-order chi connectivity index (χ1) is 12.6. The van der Waals surface area contributed by atoms with Gasteiger partial charge in [0.15, 0.2) is 0 Å². The minimum atomic E-state index is -0.290. The Labute approximate surface area is 148 Å². The fourth-order valence-corrected chi connectivity index (χ4v) is 2.96. The Kier molecular flexibility index (Phi) is 3.96. The van der Waals surface area contributed by atoms with Crippen molar-refractivity contribution in [2.75, 3.05) is 0 Å². The summed E-state index contributed by atoms with van der Waals surface area (Å²) in [5, 5.41) is 8.18. The number of hydrogen-bond donors (Lipinski definition) is 1. The molecule has 1 amide bonds. The van der Waals surface area contributed by atoms with Crippen LogP contribution in [0.2, 0.25) is 0 Å². The topological polar surface area (TPSA) is 81.8 Å². The third kappa shape index (κ3) is 2.83. The van der Waals surface area contributed by atoms with Gasteiger partial charge in [0.2, 0.25) is 5.91 Å². The lowest BCUT2D eigenvalue weighted by atomic mass is 10.2. The predicted molar refractivity (Wildman–Crippen MR) is 98.6 cm³/mol. The highest BCUT2D eigenvalue weighted by Gasteiger charge is 2.11. The Morgan fingerprint density at radius 3 is 2.73 bits per heavy atom. The van der Waals surface area contributed by atoms with E-state index in [1.807, 2.05) is 48.0 Å². The number of aromatic nitrogens is 4. The van der Waals surface area contributed by atoms with Gasteiger partial charge in [-0.2, -0.15) is 5.10 Å². The van der Waals surface area contributed by atoms with Crippen molar-refractivity contribution >= 4 is 27.7 Å². The molecule has 0 spiro atoms. The largest absolute Gasteiger partial charge is 0.347 e. The normalized spacial score (nSPS) is 11.1. The van der Waals surface area contributed by atoms with Crippen LogP contribution in [-0.4, -0.2) is 25.2 Å². The monoisotopic (exact) mass is 347 g/mol. The third-order valence-corrected chi connectivity index (χ3v) is 4.38. The second-order valence-corrected chi connectivity index (χ2v) is 6.05. The average molecular weight is 347 g/mol. The maximum absolute atomic E-state index is 12.4. The molecule has 0 aliphatic carbocycles. The molecule has 7 heteroatoms. The molecule has 4 aromatic rings. The molecule has 2 aromatic heterocycles. The van der Waals surface area contributed by atoms with E-state index in [1.54, 1.807) is 18.3 Å². The molecule has 0 fully saturated rings. The number of carbonyl (C=O) groups excluding carboxylic acids is 1. The summed E-state index contributed by atoms with van der Waals surface area (Å²) in [6, 6.07) is 15.0. The van der Waals surface area contributed by atoms with Crippen LogP contribution in [-0.2, 0) is 24.9 Å². The van der Waals surface area contributed by atoms with E-state index in [-0.39, 0.29) is 24.6 Å². The van der Waals surface area contributed by atoms with E-state index in [1.165, 1.54) is 4.68 Å². The molecule has 0 aliphatic rings. The lowest BCUT2D eigenvalue weighted by Crippen LogP contribution is -2.33. The molecule has 0 aliphatic heterocycles. The summed E-state index contributed by atoms with van der Waals surface area (Å²) in [7, 11) is 1.91. The van der Waals surface area contributed by atoms with Crippen molar-refractivity contribution in [2.45, 2.75) is 13.1 Å². The van der Waals surface area contributed by atoms with Crippen molar-refractivity contribution in [3.05, 3.63) is 70.9 Å². The quantitative estimate of drug-likeness (QED) is 0.608. The molecular formula is C19H17N5O2. The number of para-hydroxylation sites is 2. The van der Waals surface area contributed by atoms with Crippen molar-refractivity contribution in [1.82, 2.24) is 24.6 Å². The summed E-state index contributed by atoms with van der Waals surface area (Å²) >= 11 is 0. The maximum Gasteiger partial charge on any atom is 0.275 e. The second-order valence-electron chi connectivity index (χ2n) is 6.05. The molecule has 26 heavy (non-hydrogen) atoms. The smallest absolute Gasteiger partial charge is 0.275 e. The van der Waals surface area contributed by atoms with Gasteiger partial charge >= 0.3 is 0 Å². The predicted octanol–water partition coefficient (Wildman–Crippen LogP) is 1.60. The van der Waals surface area contributed by atoms with Gasteiger partial charge < -0.3 is 9.88 Å². The van der Waals surface area contributed by atoms with Gasteiger partial charge in [-0.15, -0.1) is 0 Å². The Balaban J connectivity index is 1.50. The van der Waals surface area contributed by atoms with E-state index in [0.717, 1.165) is 22.2 Å². The first kappa shape index (κ1) is 16.0. The maximum atomic E-state index is 12.4. The van der Waals surface area contributed by atoms with Crippen molar-refractivity contribution < 1.29 is 4.79 Å². The van der Waals surface area contributed by atoms with Crippen LogP contribution in [0, 0.1) is 0 Å². The Morgan fingerprint density at radius 2 is 1.88 bits per heavy atom. The highest BCUT2D eigenvalue weighted by atomic mass is 16.2. The van der Waals surface area contributed by atoms with Crippen molar-refractivity contribution in [1.29, 1.82) is 0 Å². The zero-order valence-electron chi connectivity index (χ0n) is 14.2. The van der Waals surface area contributed by atoms with Crippen LogP contribution in [0.5, 0.6) is 0 Å². The number of nitrogens with zero attached hydrogens (tertiary/aromatic N) is 4. The van der Waals surface area contributed by atoms with Crippen molar-refractivity contribution in [3.63, 3.8) is 0 Å². The zero-order chi connectivity index (χ0) is 18.1. The van der Waals surface area contributed by atoms with E-state index in [0.29, 0.717) is 5.39 Å². The molecule has 0 radical (unpaired) electrons. The molecule has 1 N–H and O–H groups in total. The van der Waals surface area contributed by atoms with Crippen LogP contribution in [0.1, 0.15) is 5.82 Å². The molecule has 2 aromatic carbocycles. The minimum absolute atomic E-state index is 0.131. The van der Waals surface area contributed by atoms with Gasteiger partial charge in [-0.3, -0.25) is 9.59 Å². The number of imidazole rings is 1. The molecule has 7 nitrogen and oxygen atoms in total. The van der Waals surface area contributed by atoms with Gasteiger partial charge in [0.1, 0.15) is 12.4 Å². The molecule has 2 heterocycles. The summed E-state index contributed by atoms with van der Waals surface area (Å²) in [5.74, 6) is 0.459. The standard InChI is InChI=1S/C19H17N5O2/c1-23-16-9-5-4-8-15(16)22-17(23)11-20-18(25)12-24-19(26)14-7-3-2-6-13(14)10-21-24/h2-10H,11-12H2,1H3,(H,20,25). The first-order valence-electron chi connectivity index (χ1n) is 8.25. The highest BCUT2D eigenvalue weighted by molar-refractivity contribution is 5.81. The highest BCUT2D eigenvalue weighted by Crippen LogP contribution is 2.13. The lowest BCUT2D eigenvalue weighted by molar-refractivity contribution is -0.122. The third-order valence-electron chi connectivity index (χ3n) is 4.38. The van der Waals surface area contributed by atoms with Gasteiger partial charge in [0.25, 0.3) is 5.56 Å². The van der Waals surface area contributed by atoms with E-state index >= 15 is 0 Å². The Morgan fingerprint density at radius 1 is 1.12 bits per heavy atom. The minimum Gasteiger partial charge on any atom is -0.347 e. The fourth-order valence-electron chi connectivity index (χ4n) is 2.96. The van der Waals surface area contributed by atoms with Crippen LogP contribution >= 0.6 is 0 Å². The van der Waals surface area contributed by atoms with Gasteiger partial charge in [-0.05, 0) is 18.2 Å². The second kappa shape index (κ2) is 6.44. The average Bonchev–Trinajstić information content (AvgIpc) is 2.99. The summed E-state index contributed by atoms with van der Waals surface area (Å²) in [6.45, 7) is 0.153. The van der Waals surface area contributed by atoms with E-state index in [2.05, 4.69) is 15.4 Å². The molecule has 0 bridgehead atoms. The number of fused-ring (bicyclic) bond motifs is 2. The summed E-state index contributed by atoms with van der Waals surface area (Å²) in [4.78, 5) is 29.2. The molecule has 0 unspecified atom stereocenters. The number of rotatable bonds is 4. The molecule has 0 saturated heterocycles. The van der Waals surface area contributed by atoms with Gasteiger partial charge in [0.05, 0.1) is 29.2 Å². The molecule has 0 atom stereocenters. The number of amides is 1. The number of aryl methyl sites for hydroxylation is 1. The Hall–Kier alpha value is -3.48. The number of hydrogen-bond acceptors (Lipinski definition) is 4. The van der Waals surface area contributed by atoms with Crippen LogP contribution in [0.25, 0.3) is 21.8 Å². The molecule has 4 rings (SSSR count). The summed E-state index contributed by atoms with van der Waals surface area (Å²) in [5.41, 5.74) is 1.61. The fraction of sp³-hybridized carbons (Fsp3) is 0.158. The van der Waals surface area contributed by atoms with E-state index in [4.69, 9.17) is 0 Å². The summed E-state index contributed by atoms with van der Waals surface area (Å²) < 4.78 is 3.11. The van der Waals surface area contributed by atoms with Crippen LogP contribution in [0.3, 0.4) is 0 Å². The first-order valence-corrected chi connectivity index (χ1v) is 8.25. The molecule has 0 saturated carbocycles. The molecule has 130 valence electrons. The van der Waals surface area contributed by atoms with Gasteiger partial charge in [-0.1, -0.05) is 30.3 Å². The SMILES string of the molecule is Cn1c(CNC(=O)Cn2ncc3ccccc3c2=O)nc2ccccc21. The van der Waals surface area contributed by atoms with Crippen molar-refractivity contribution in [3.8, 4) is 0 Å².